The van der Waals surface area contributed by atoms with Gasteiger partial charge in [-0.2, -0.15) is 0 Å². The van der Waals surface area contributed by atoms with Crippen molar-refractivity contribution in [3.63, 3.8) is 0 Å². The van der Waals surface area contributed by atoms with Crippen LogP contribution in [0.15, 0.2) is 0 Å². The molecule has 0 amide bonds. The quantitative estimate of drug-likeness (QED) is 0.785. The number of hydrogen-bond acceptors (Lipinski definition) is 4. The molecule has 1 aliphatic rings. The van der Waals surface area contributed by atoms with Gasteiger partial charge in [-0.15, -0.1) is 22.7 Å². The van der Waals surface area contributed by atoms with Crippen LogP contribution in [0.4, 0.5) is 5.69 Å². The second-order valence-electron chi connectivity index (χ2n) is 3.53. The third-order valence-corrected chi connectivity index (χ3v) is 4.81. The highest BCUT2D eigenvalue weighted by atomic mass is 32.1. The number of nitrogens with zero attached hydrogens (tertiary/aromatic N) is 1. The topological polar surface area (TPSA) is 38.9 Å². The number of thiophene rings is 1. The van der Waals surface area contributed by atoms with E-state index in [1.165, 1.54) is 27.4 Å². The van der Waals surface area contributed by atoms with E-state index in [2.05, 4.69) is 11.9 Å². The number of aromatic nitrogens is 1. The highest BCUT2D eigenvalue weighted by Crippen LogP contribution is 2.46. The highest BCUT2D eigenvalue weighted by Gasteiger charge is 2.28. The van der Waals surface area contributed by atoms with Crippen LogP contribution in [0.1, 0.15) is 28.6 Å². The summed E-state index contributed by atoms with van der Waals surface area (Å²) in [5.41, 5.74) is 6.90. The molecule has 13 heavy (non-hydrogen) atoms. The average Bonchev–Trinajstić information content (AvgIpc) is 2.82. The van der Waals surface area contributed by atoms with Crippen molar-refractivity contribution in [3.8, 4) is 0 Å². The number of nitrogen functional groups attached to an aromatic ring is 1. The SMILES string of the molecule is Cc1sc2nc(C3CC3)sc2c1N. The molecule has 0 bridgehead atoms. The molecule has 0 unspecified atom stereocenters. The number of fused-ring (bicyclic) bond motifs is 1. The first-order chi connectivity index (χ1) is 6.25. The zero-order valence-electron chi connectivity index (χ0n) is 7.33. The smallest absolute Gasteiger partial charge is 0.137 e. The Morgan fingerprint density at radius 2 is 2.15 bits per heavy atom. The van der Waals surface area contributed by atoms with Crippen LogP contribution in [0, 0.1) is 6.92 Å². The lowest BCUT2D eigenvalue weighted by Gasteiger charge is -1.87. The summed E-state index contributed by atoms with van der Waals surface area (Å²) in [6, 6.07) is 0. The lowest BCUT2D eigenvalue weighted by atomic mass is 10.4. The van der Waals surface area contributed by atoms with Crippen molar-refractivity contribution in [1.82, 2.24) is 4.98 Å². The maximum Gasteiger partial charge on any atom is 0.137 e. The Morgan fingerprint density at radius 1 is 1.38 bits per heavy atom. The number of anilines is 1. The Hall–Kier alpha value is -0.610. The van der Waals surface area contributed by atoms with Crippen molar-refractivity contribution in [2.75, 3.05) is 5.73 Å². The van der Waals surface area contributed by atoms with Crippen molar-refractivity contribution >= 4 is 37.9 Å². The number of nitrogens with two attached hydrogens (primary N) is 1. The van der Waals surface area contributed by atoms with Crippen molar-refractivity contribution in [2.24, 2.45) is 0 Å². The van der Waals surface area contributed by atoms with Crippen molar-refractivity contribution in [2.45, 2.75) is 25.7 Å². The van der Waals surface area contributed by atoms with Crippen molar-refractivity contribution < 1.29 is 0 Å². The fourth-order valence-electron chi connectivity index (χ4n) is 1.43. The fourth-order valence-corrected chi connectivity index (χ4v) is 3.79. The molecular weight excluding hydrogens is 200 g/mol. The molecule has 2 aromatic rings. The fraction of sp³-hybridized carbons (Fsp3) is 0.444. The third-order valence-electron chi connectivity index (χ3n) is 2.41. The van der Waals surface area contributed by atoms with E-state index in [9.17, 15) is 0 Å². The third kappa shape index (κ3) is 1.09. The molecule has 1 saturated carbocycles. The van der Waals surface area contributed by atoms with Crippen LogP contribution >= 0.6 is 22.7 Å². The van der Waals surface area contributed by atoms with Crippen LogP contribution in [0.25, 0.3) is 9.53 Å². The van der Waals surface area contributed by atoms with E-state index in [4.69, 9.17) is 5.73 Å². The second kappa shape index (κ2) is 2.45. The van der Waals surface area contributed by atoms with E-state index in [0.29, 0.717) is 0 Å². The zero-order valence-corrected chi connectivity index (χ0v) is 8.97. The van der Waals surface area contributed by atoms with Crippen LogP contribution in [0.2, 0.25) is 0 Å². The summed E-state index contributed by atoms with van der Waals surface area (Å²) in [6.45, 7) is 2.06. The van der Waals surface area contributed by atoms with Crippen LogP contribution in [0.5, 0.6) is 0 Å². The van der Waals surface area contributed by atoms with Gasteiger partial charge in [0.15, 0.2) is 0 Å². The lowest BCUT2D eigenvalue weighted by Crippen LogP contribution is -1.81. The second-order valence-corrected chi connectivity index (χ2v) is 5.77. The van der Waals surface area contributed by atoms with E-state index in [1.54, 1.807) is 22.7 Å². The summed E-state index contributed by atoms with van der Waals surface area (Å²) >= 11 is 3.51. The molecule has 0 aliphatic heterocycles. The van der Waals surface area contributed by atoms with Crippen LogP contribution in [-0.4, -0.2) is 4.98 Å². The largest absolute Gasteiger partial charge is 0.397 e. The molecule has 2 nitrogen and oxygen atoms in total. The predicted octanol–water partition coefficient (Wildman–Crippen LogP) is 3.13. The molecular formula is C9H10N2S2. The van der Waals surface area contributed by atoms with Gasteiger partial charge < -0.3 is 5.73 Å². The number of thiazole rings is 1. The number of hydrogen-bond donors (Lipinski definition) is 1. The normalized spacial score (nSPS) is 17.0. The highest BCUT2D eigenvalue weighted by molar-refractivity contribution is 7.28. The van der Waals surface area contributed by atoms with Gasteiger partial charge in [-0.25, -0.2) is 4.98 Å². The molecule has 0 saturated heterocycles. The summed E-state index contributed by atoms with van der Waals surface area (Å²) in [5, 5.41) is 1.30. The summed E-state index contributed by atoms with van der Waals surface area (Å²) in [5.74, 6) is 0.754. The molecule has 0 spiro atoms. The molecule has 1 aliphatic carbocycles. The molecule has 0 aromatic carbocycles. The van der Waals surface area contributed by atoms with E-state index in [0.717, 1.165) is 16.4 Å². The summed E-state index contributed by atoms with van der Waals surface area (Å²) in [6.07, 6.45) is 2.64. The van der Waals surface area contributed by atoms with Gasteiger partial charge >= 0.3 is 0 Å². The Kier molecular flexibility index (Phi) is 1.46. The number of rotatable bonds is 1. The first-order valence-corrected chi connectivity index (χ1v) is 6.04. The van der Waals surface area contributed by atoms with Gasteiger partial charge in [0.1, 0.15) is 4.83 Å². The van der Waals surface area contributed by atoms with E-state index in [-0.39, 0.29) is 0 Å². The van der Waals surface area contributed by atoms with E-state index >= 15 is 0 Å². The Bertz CT molecular complexity index is 465. The molecule has 0 atom stereocenters. The molecule has 1 fully saturated rings. The van der Waals surface area contributed by atoms with Gasteiger partial charge in [0.05, 0.1) is 15.4 Å². The van der Waals surface area contributed by atoms with Crippen LogP contribution in [-0.2, 0) is 0 Å². The van der Waals surface area contributed by atoms with Gasteiger partial charge in [-0.3, -0.25) is 0 Å². The van der Waals surface area contributed by atoms with Crippen LogP contribution in [0.3, 0.4) is 0 Å². The molecule has 2 N–H and O–H groups in total. The Balaban J connectivity index is 2.23. The Labute approximate surface area is 84.4 Å². The molecule has 2 aromatic heterocycles. The van der Waals surface area contributed by atoms with Crippen LogP contribution < -0.4 is 5.73 Å². The van der Waals surface area contributed by atoms with Gasteiger partial charge in [0, 0.05) is 10.8 Å². The van der Waals surface area contributed by atoms with Gasteiger partial charge in [0.2, 0.25) is 0 Å². The molecule has 68 valence electrons. The summed E-state index contributed by atoms with van der Waals surface area (Å²) in [7, 11) is 0. The monoisotopic (exact) mass is 210 g/mol. The predicted molar refractivity (Wildman–Crippen MR) is 58.6 cm³/mol. The summed E-state index contributed by atoms with van der Waals surface area (Å²) in [4.78, 5) is 6.96. The molecule has 2 heterocycles. The average molecular weight is 210 g/mol. The summed E-state index contributed by atoms with van der Waals surface area (Å²) < 4.78 is 1.21. The number of aryl methyl sites for hydroxylation is 1. The maximum atomic E-state index is 5.95. The zero-order chi connectivity index (χ0) is 9.00. The van der Waals surface area contributed by atoms with Gasteiger partial charge in [0.25, 0.3) is 0 Å². The first kappa shape index (κ1) is 7.76. The van der Waals surface area contributed by atoms with Gasteiger partial charge in [-0.1, -0.05) is 0 Å². The standard InChI is InChI=1S/C9H10N2S2/c1-4-6(10)7-9(12-4)11-8(13-7)5-2-3-5/h5H,2-3,10H2,1H3. The molecule has 0 radical (unpaired) electrons. The maximum absolute atomic E-state index is 5.95. The minimum atomic E-state index is 0.754. The Morgan fingerprint density at radius 3 is 2.77 bits per heavy atom. The van der Waals surface area contributed by atoms with Crippen molar-refractivity contribution in [3.05, 3.63) is 9.88 Å². The molecule has 3 rings (SSSR count). The lowest BCUT2D eigenvalue weighted by molar-refractivity contribution is 1.10. The first-order valence-electron chi connectivity index (χ1n) is 4.41. The minimum Gasteiger partial charge on any atom is -0.397 e. The van der Waals surface area contributed by atoms with Gasteiger partial charge in [-0.05, 0) is 19.8 Å². The molecule has 4 heteroatoms. The van der Waals surface area contributed by atoms with E-state index < -0.39 is 0 Å². The van der Waals surface area contributed by atoms with E-state index in [1.807, 2.05) is 0 Å². The minimum absolute atomic E-state index is 0.754. The van der Waals surface area contributed by atoms with Crippen molar-refractivity contribution in [1.29, 1.82) is 0 Å².